The first-order chi connectivity index (χ1) is 28.7. The van der Waals surface area contributed by atoms with Gasteiger partial charge in [0.15, 0.2) is 11.6 Å². The number of carbonyl (C=O) groups is 2. The molecule has 0 aliphatic carbocycles. The van der Waals surface area contributed by atoms with E-state index in [2.05, 4.69) is 0 Å². The Morgan fingerprint density at radius 1 is 0.429 bits per heavy atom. The number of benzene rings is 6. The minimum Gasteiger partial charge on any atom is -0.507 e. The van der Waals surface area contributed by atoms with Crippen LogP contribution in [0, 0.1) is 0 Å². The zero-order chi connectivity index (χ0) is 47.2. The van der Waals surface area contributed by atoms with Crippen LogP contribution in [0.25, 0.3) is 21.5 Å². The highest BCUT2D eigenvalue weighted by Gasteiger charge is 2.72. The molecule has 0 amide bonds. The van der Waals surface area contributed by atoms with E-state index in [1.807, 2.05) is 0 Å². The lowest BCUT2D eigenvalue weighted by Gasteiger charge is -2.38. The van der Waals surface area contributed by atoms with Crippen LogP contribution < -0.4 is 0 Å². The standard InChI is InChI=1S/C37H22F6O16S4/c38-36(39,40)35(37(41,42)43,21-1-7-29(44)27(15-21)33(46)19-9-17-11-23(60(48,49)50)3-5-25(17)31(13-19)62(54,55)56)22-2-8-30(45)28(16-22)34(47)20-10-18-12-24(61(51,52)53)4-6-26(18)32(14-20)63(57,58)59/h1-16,44-45H,(H,48,49,50)(H,51,52,53)(H,54,55,56)(H,57,58,59). The molecule has 63 heavy (non-hydrogen) atoms. The first-order valence-corrected chi connectivity index (χ1v) is 22.4. The van der Waals surface area contributed by atoms with Crippen LogP contribution in [0.15, 0.2) is 117 Å². The summed E-state index contributed by atoms with van der Waals surface area (Å²) in [7, 11) is -20.7. The van der Waals surface area contributed by atoms with Crippen molar-refractivity contribution in [1.82, 2.24) is 0 Å². The van der Waals surface area contributed by atoms with E-state index < -0.39 is 156 Å². The topological polar surface area (TPSA) is 292 Å². The average molecular weight is 965 g/mol. The molecule has 0 spiro atoms. The number of fused-ring (bicyclic) bond motifs is 2. The summed E-state index contributed by atoms with van der Waals surface area (Å²) in [6.07, 6.45) is -13.0. The second kappa shape index (κ2) is 15.1. The molecule has 0 aromatic heterocycles. The predicted molar refractivity (Wildman–Crippen MR) is 203 cm³/mol. The van der Waals surface area contributed by atoms with Crippen molar-refractivity contribution in [2.45, 2.75) is 37.3 Å². The number of hydrogen-bond acceptors (Lipinski definition) is 12. The molecule has 16 nitrogen and oxygen atoms in total. The number of phenolic OH excluding ortho intramolecular Hbond substituents is 2. The van der Waals surface area contributed by atoms with Gasteiger partial charge in [-0.25, -0.2) is 0 Å². The number of phenols is 2. The molecule has 0 saturated heterocycles. The van der Waals surface area contributed by atoms with E-state index in [0.717, 1.165) is 12.1 Å². The Balaban J connectivity index is 1.59. The van der Waals surface area contributed by atoms with Crippen molar-refractivity contribution in [2.24, 2.45) is 0 Å². The zero-order valence-electron chi connectivity index (χ0n) is 30.4. The normalized spacial score (nSPS) is 13.4. The van der Waals surface area contributed by atoms with Gasteiger partial charge in [0.25, 0.3) is 40.5 Å². The Labute approximate surface area is 349 Å². The van der Waals surface area contributed by atoms with Gasteiger partial charge >= 0.3 is 12.4 Å². The number of rotatable bonds is 10. The molecule has 0 aliphatic rings. The molecule has 6 aromatic carbocycles. The van der Waals surface area contributed by atoms with Crippen LogP contribution in [0.5, 0.6) is 11.5 Å². The molecule has 0 aliphatic heterocycles. The van der Waals surface area contributed by atoms with Crippen molar-refractivity contribution in [3.8, 4) is 11.5 Å². The first kappa shape index (κ1) is 46.5. The van der Waals surface area contributed by atoms with E-state index in [4.69, 9.17) is 0 Å². The van der Waals surface area contributed by atoms with Crippen molar-refractivity contribution >= 4 is 73.6 Å². The van der Waals surface area contributed by atoms with Crippen LogP contribution >= 0.6 is 0 Å². The van der Waals surface area contributed by atoms with Gasteiger partial charge in [0.2, 0.25) is 5.41 Å². The third-order valence-corrected chi connectivity index (χ3v) is 13.1. The fourth-order valence-corrected chi connectivity index (χ4v) is 9.34. The Kier molecular flexibility index (Phi) is 11.1. The Morgan fingerprint density at radius 3 is 1.05 bits per heavy atom. The monoisotopic (exact) mass is 964 g/mol. The molecule has 0 saturated carbocycles. The third kappa shape index (κ3) is 8.33. The first-order valence-electron chi connectivity index (χ1n) is 16.6. The molecule has 0 fully saturated rings. The van der Waals surface area contributed by atoms with Gasteiger partial charge in [-0.2, -0.15) is 60.0 Å². The van der Waals surface area contributed by atoms with Crippen LogP contribution in [-0.2, 0) is 45.9 Å². The summed E-state index contributed by atoms with van der Waals surface area (Å²) in [5.41, 5.74) is -13.8. The summed E-state index contributed by atoms with van der Waals surface area (Å²) in [4.78, 5) is 23.7. The zero-order valence-corrected chi connectivity index (χ0v) is 33.7. The quantitative estimate of drug-likeness (QED) is 0.0501. The second-order valence-electron chi connectivity index (χ2n) is 13.5. The number of hydrogen-bond donors (Lipinski definition) is 6. The van der Waals surface area contributed by atoms with Crippen molar-refractivity contribution in [3.63, 3.8) is 0 Å². The average Bonchev–Trinajstić information content (AvgIpc) is 3.14. The highest BCUT2D eigenvalue weighted by atomic mass is 32.2. The van der Waals surface area contributed by atoms with E-state index in [1.165, 1.54) is 0 Å². The van der Waals surface area contributed by atoms with E-state index in [1.54, 1.807) is 0 Å². The van der Waals surface area contributed by atoms with E-state index >= 15 is 26.3 Å². The minimum absolute atomic E-state index is 0.0817. The van der Waals surface area contributed by atoms with Crippen LogP contribution in [0.3, 0.4) is 0 Å². The molecular formula is C37H22F6O16S4. The molecule has 6 rings (SSSR count). The molecule has 26 heteroatoms. The smallest absolute Gasteiger partial charge is 0.411 e. The number of alkyl halides is 6. The Hall–Kier alpha value is -6.00. The van der Waals surface area contributed by atoms with Gasteiger partial charge in [-0.15, -0.1) is 0 Å². The number of ketones is 2. The maximum absolute atomic E-state index is 15.4. The van der Waals surface area contributed by atoms with Crippen molar-refractivity contribution in [1.29, 1.82) is 0 Å². The van der Waals surface area contributed by atoms with Gasteiger partial charge in [-0.1, -0.05) is 24.3 Å². The highest BCUT2D eigenvalue weighted by Crippen LogP contribution is 2.57. The van der Waals surface area contributed by atoms with E-state index in [-0.39, 0.29) is 36.4 Å². The minimum atomic E-state index is -6.51. The molecule has 0 atom stereocenters. The molecule has 0 unspecified atom stereocenters. The SMILES string of the molecule is O=C(c1cc(S(=O)(=O)O)c2ccc(S(=O)(=O)O)cc2c1)c1cc(C(c2ccc(O)c(C(=O)c3cc(S(=O)(=O)O)c4ccc(S(=O)(=O)O)cc4c3)c2)(C(F)(F)F)C(F)(F)F)ccc1O. The Bertz CT molecular complexity index is 3210. The van der Waals surface area contributed by atoms with Gasteiger partial charge in [0, 0.05) is 21.9 Å². The largest absolute Gasteiger partial charge is 0.507 e. The van der Waals surface area contributed by atoms with Crippen LogP contribution in [0.1, 0.15) is 43.0 Å². The fourth-order valence-electron chi connectivity index (χ4n) is 6.83. The van der Waals surface area contributed by atoms with E-state index in [0.29, 0.717) is 48.5 Å². The van der Waals surface area contributed by atoms with Crippen molar-refractivity contribution in [3.05, 3.63) is 130 Å². The number of carbonyl (C=O) groups excluding carboxylic acids is 2. The summed E-state index contributed by atoms with van der Waals surface area (Å²) < 4.78 is 227. The van der Waals surface area contributed by atoms with Crippen LogP contribution in [-0.4, -0.2) is 86.0 Å². The third-order valence-electron chi connectivity index (χ3n) is 9.65. The van der Waals surface area contributed by atoms with Crippen LogP contribution in [0.4, 0.5) is 26.3 Å². The Morgan fingerprint density at radius 2 is 0.762 bits per heavy atom. The van der Waals surface area contributed by atoms with E-state index in [9.17, 15) is 71.7 Å². The summed E-state index contributed by atoms with van der Waals surface area (Å²) in [6.45, 7) is 0. The molecule has 0 radical (unpaired) electrons. The predicted octanol–water partition coefficient (Wildman–Crippen LogP) is 6.26. The van der Waals surface area contributed by atoms with Gasteiger partial charge in [0.1, 0.15) is 21.3 Å². The summed E-state index contributed by atoms with van der Waals surface area (Å²) in [5, 5.41) is 19.3. The summed E-state index contributed by atoms with van der Waals surface area (Å²) in [5.74, 6) is -6.01. The lowest BCUT2D eigenvalue weighted by atomic mass is 9.71. The fraction of sp³-hybridized carbons (Fsp3) is 0.0811. The number of aromatic hydroxyl groups is 2. The molecule has 0 bridgehead atoms. The maximum Gasteiger partial charge on any atom is 0.411 e. The summed E-state index contributed by atoms with van der Waals surface area (Å²) >= 11 is 0. The van der Waals surface area contributed by atoms with Crippen molar-refractivity contribution in [2.75, 3.05) is 0 Å². The van der Waals surface area contributed by atoms with Gasteiger partial charge in [0.05, 0.1) is 20.9 Å². The molecule has 332 valence electrons. The lowest BCUT2D eigenvalue weighted by molar-refractivity contribution is -0.288. The molecule has 0 heterocycles. The van der Waals surface area contributed by atoms with Gasteiger partial charge in [-0.3, -0.25) is 27.8 Å². The summed E-state index contributed by atoms with van der Waals surface area (Å²) in [6, 6.07) is 6.73. The van der Waals surface area contributed by atoms with Gasteiger partial charge in [-0.05, 0) is 94.7 Å². The molecule has 6 aromatic rings. The highest BCUT2D eigenvalue weighted by molar-refractivity contribution is 7.86. The second-order valence-corrected chi connectivity index (χ2v) is 19.1. The van der Waals surface area contributed by atoms with Gasteiger partial charge < -0.3 is 10.2 Å². The lowest BCUT2D eigenvalue weighted by Crippen LogP contribution is -2.54. The molecular weight excluding hydrogens is 943 g/mol. The number of halogens is 6. The van der Waals surface area contributed by atoms with Crippen LogP contribution in [0.2, 0.25) is 0 Å². The maximum atomic E-state index is 15.4. The van der Waals surface area contributed by atoms with Crippen molar-refractivity contribution < 1.29 is 98.0 Å². The molecule has 6 N–H and O–H groups in total.